The van der Waals surface area contributed by atoms with E-state index in [0.717, 1.165) is 56.4 Å². The fraction of sp³-hybridized carbons (Fsp3) is 0.765. The van der Waals surface area contributed by atoms with Gasteiger partial charge in [-0.2, -0.15) is 5.10 Å². The maximum atomic E-state index is 12.3. The molecular weight excluding hydrogens is 306 g/mol. The van der Waals surface area contributed by atoms with E-state index >= 15 is 0 Å². The van der Waals surface area contributed by atoms with Crippen molar-refractivity contribution >= 4 is 11.6 Å². The molecule has 0 spiro atoms. The summed E-state index contributed by atoms with van der Waals surface area (Å²) in [6, 6.07) is 0. The lowest BCUT2D eigenvalue weighted by Gasteiger charge is -2.35. The van der Waals surface area contributed by atoms with E-state index < -0.39 is 0 Å². The van der Waals surface area contributed by atoms with E-state index in [2.05, 4.69) is 20.2 Å². The number of aromatic nitrogens is 2. The van der Waals surface area contributed by atoms with Crippen LogP contribution in [0.5, 0.6) is 0 Å². The molecule has 1 N–H and O–H groups in total. The van der Waals surface area contributed by atoms with Crippen molar-refractivity contribution < 1.29 is 9.53 Å². The third kappa shape index (κ3) is 4.15. The van der Waals surface area contributed by atoms with Crippen LogP contribution in [-0.2, 0) is 16.6 Å². The molecule has 0 radical (unpaired) electrons. The number of anilines is 1. The summed E-state index contributed by atoms with van der Waals surface area (Å²) in [6.45, 7) is 10.2. The molecule has 1 amide bonds. The highest BCUT2D eigenvalue weighted by atomic mass is 16.5. The summed E-state index contributed by atoms with van der Waals surface area (Å²) in [5.74, 6) is 0.0433. The lowest BCUT2D eigenvalue weighted by atomic mass is 10.2. The van der Waals surface area contributed by atoms with Gasteiger partial charge in [0, 0.05) is 46.4 Å². The molecule has 0 aliphatic carbocycles. The van der Waals surface area contributed by atoms with Gasteiger partial charge in [-0.25, -0.2) is 0 Å². The van der Waals surface area contributed by atoms with Crippen LogP contribution < -0.4 is 5.32 Å². The van der Waals surface area contributed by atoms with Crippen molar-refractivity contribution in [1.29, 1.82) is 0 Å². The van der Waals surface area contributed by atoms with Crippen molar-refractivity contribution in [3.8, 4) is 0 Å². The molecule has 24 heavy (non-hydrogen) atoms. The first-order valence-electron chi connectivity index (χ1n) is 8.89. The predicted molar refractivity (Wildman–Crippen MR) is 93.2 cm³/mol. The molecule has 0 aromatic carbocycles. The van der Waals surface area contributed by atoms with Crippen LogP contribution in [0.25, 0.3) is 0 Å². The van der Waals surface area contributed by atoms with Crippen molar-refractivity contribution in [3.05, 3.63) is 11.4 Å². The number of piperazine rings is 1. The molecule has 0 bridgehead atoms. The molecular formula is C17H29N5O2. The average Bonchev–Trinajstić information content (AvgIpc) is 3.14. The molecule has 7 heteroatoms. The smallest absolute Gasteiger partial charge is 0.238 e. The fourth-order valence-corrected chi connectivity index (χ4v) is 3.54. The molecule has 1 atom stereocenters. The Bertz CT molecular complexity index is 572. The van der Waals surface area contributed by atoms with Gasteiger partial charge in [0.25, 0.3) is 0 Å². The molecule has 7 nitrogen and oxygen atoms in total. The quantitative estimate of drug-likeness (QED) is 0.861. The average molecular weight is 335 g/mol. The minimum Gasteiger partial charge on any atom is -0.377 e. The molecule has 2 saturated heterocycles. The molecule has 1 aromatic rings. The zero-order valence-corrected chi connectivity index (χ0v) is 15.0. The van der Waals surface area contributed by atoms with Crippen LogP contribution in [0.4, 0.5) is 5.69 Å². The SMILES string of the molecule is Cc1nn(C)c(C)c1NC(=O)CN1CCN(CC2CCCO2)CC1. The van der Waals surface area contributed by atoms with Crippen LogP contribution in [0.15, 0.2) is 0 Å². The highest BCUT2D eigenvalue weighted by molar-refractivity contribution is 5.93. The Morgan fingerprint density at radius 1 is 1.25 bits per heavy atom. The molecule has 2 aliphatic heterocycles. The Kier molecular flexibility index (Phi) is 5.53. The van der Waals surface area contributed by atoms with Crippen molar-refractivity contribution in [2.75, 3.05) is 51.2 Å². The van der Waals surface area contributed by atoms with Crippen molar-refractivity contribution in [2.45, 2.75) is 32.8 Å². The van der Waals surface area contributed by atoms with Gasteiger partial charge in [-0.3, -0.25) is 19.3 Å². The summed E-state index contributed by atoms with van der Waals surface area (Å²) >= 11 is 0. The number of rotatable bonds is 5. The van der Waals surface area contributed by atoms with Gasteiger partial charge in [-0.1, -0.05) is 0 Å². The second kappa shape index (κ2) is 7.63. The fourth-order valence-electron chi connectivity index (χ4n) is 3.54. The van der Waals surface area contributed by atoms with E-state index in [0.29, 0.717) is 12.6 Å². The highest BCUT2D eigenvalue weighted by Crippen LogP contribution is 2.18. The van der Waals surface area contributed by atoms with Crippen LogP contribution in [-0.4, -0.2) is 77.5 Å². The predicted octanol–water partition coefficient (Wildman–Crippen LogP) is 0.772. The van der Waals surface area contributed by atoms with Gasteiger partial charge >= 0.3 is 0 Å². The summed E-state index contributed by atoms with van der Waals surface area (Å²) in [4.78, 5) is 17.0. The van der Waals surface area contributed by atoms with Crippen LogP contribution in [0.2, 0.25) is 0 Å². The molecule has 0 saturated carbocycles. The summed E-state index contributed by atoms with van der Waals surface area (Å²) in [6.07, 6.45) is 2.79. The molecule has 1 aromatic heterocycles. The largest absolute Gasteiger partial charge is 0.377 e. The van der Waals surface area contributed by atoms with E-state index in [1.807, 2.05) is 20.9 Å². The first-order valence-corrected chi connectivity index (χ1v) is 8.89. The maximum Gasteiger partial charge on any atom is 0.238 e. The van der Waals surface area contributed by atoms with Crippen molar-refractivity contribution in [2.24, 2.45) is 7.05 Å². The normalized spacial score (nSPS) is 22.9. The minimum absolute atomic E-state index is 0.0433. The number of aryl methyl sites for hydroxylation is 2. The summed E-state index contributed by atoms with van der Waals surface area (Å²) in [5.41, 5.74) is 2.70. The number of nitrogens with zero attached hydrogens (tertiary/aromatic N) is 4. The van der Waals surface area contributed by atoms with Crippen molar-refractivity contribution in [1.82, 2.24) is 19.6 Å². The van der Waals surface area contributed by atoms with E-state index in [9.17, 15) is 4.79 Å². The van der Waals surface area contributed by atoms with Crippen molar-refractivity contribution in [3.63, 3.8) is 0 Å². The number of hydrogen-bond donors (Lipinski definition) is 1. The molecule has 3 heterocycles. The molecule has 3 rings (SSSR count). The first kappa shape index (κ1) is 17.4. The summed E-state index contributed by atoms with van der Waals surface area (Å²) in [5, 5.41) is 7.36. The number of carbonyl (C=O) groups is 1. The molecule has 1 unspecified atom stereocenters. The Morgan fingerprint density at radius 3 is 2.54 bits per heavy atom. The lowest BCUT2D eigenvalue weighted by molar-refractivity contribution is -0.117. The van der Waals surface area contributed by atoms with Crippen LogP contribution in [0, 0.1) is 13.8 Å². The molecule has 2 aliphatic rings. The second-order valence-electron chi connectivity index (χ2n) is 6.93. The monoisotopic (exact) mass is 335 g/mol. The minimum atomic E-state index is 0.0433. The van der Waals surface area contributed by atoms with Gasteiger partial charge in [0.05, 0.1) is 29.7 Å². The van der Waals surface area contributed by atoms with Gasteiger partial charge in [0.2, 0.25) is 5.91 Å². The van der Waals surface area contributed by atoms with Crippen LogP contribution in [0.1, 0.15) is 24.2 Å². The Labute approximate surface area is 143 Å². The van der Waals surface area contributed by atoms with E-state index in [4.69, 9.17) is 4.74 Å². The third-order valence-corrected chi connectivity index (χ3v) is 5.09. The standard InChI is InChI=1S/C17H29N5O2/c1-13-17(14(2)20(3)19-13)18-16(23)12-22-8-6-21(7-9-22)11-15-5-4-10-24-15/h15H,4-12H2,1-3H3,(H,18,23). The van der Waals surface area contributed by atoms with E-state index in [-0.39, 0.29) is 5.91 Å². The Hall–Kier alpha value is -1.44. The van der Waals surface area contributed by atoms with Crippen LogP contribution >= 0.6 is 0 Å². The van der Waals surface area contributed by atoms with Gasteiger partial charge in [-0.05, 0) is 26.7 Å². The summed E-state index contributed by atoms with van der Waals surface area (Å²) < 4.78 is 7.51. The molecule has 2 fully saturated rings. The third-order valence-electron chi connectivity index (χ3n) is 5.09. The number of amides is 1. The summed E-state index contributed by atoms with van der Waals surface area (Å²) in [7, 11) is 1.89. The Balaban J connectivity index is 1.43. The first-order chi connectivity index (χ1) is 11.5. The van der Waals surface area contributed by atoms with Crippen LogP contribution in [0.3, 0.4) is 0 Å². The van der Waals surface area contributed by atoms with E-state index in [1.54, 1.807) is 4.68 Å². The van der Waals surface area contributed by atoms with Gasteiger partial charge in [0.15, 0.2) is 0 Å². The number of ether oxygens (including phenoxy) is 1. The van der Waals surface area contributed by atoms with E-state index in [1.165, 1.54) is 12.8 Å². The lowest BCUT2D eigenvalue weighted by Crippen LogP contribution is -2.50. The topological polar surface area (TPSA) is 62.6 Å². The highest BCUT2D eigenvalue weighted by Gasteiger charge is 2.24. The van der Waals surface area contributed by atoms with Gasteiger partial charge in [-0.15, -0.1) is 0 Å². The Morgan fingerprint density at radius 2 is 1.96 bits per heavy atom. The zero-order chi connectivity index (χ0) is 17.1. The second-order valence-corrected chi connectivity index (χ2v) is 6.93. The number of hydrogen-bond acceptors (Lipinski definition) is 5. The maximum absolute atomic E-state index is 12.3. The number of carbonyl (C=O) groups excluding carboxylic acids is 1. The van der Waals surface area contributed by atoms with Gasteiger partial charge < -0.3 is 10.1 Å². The zero-order valence-electron chi connectivity index (χ0n) is 15.0. The molecule has 134 valence electrons. The number of nitrogens with one attached hydrogen (secondary N) is 1. The van der Waals surface area contributed by atoms with Gasteiger partial charge in [0.1, 0.15) is 0 Å².